The summed E-state index contributed by atoms with van der Waals surface area (Å²) in [6.07, 6.45) is 1.41. The summed E-state index contributed by atoms with van der Waals surface area (Å²) in [5.74, 6) is -0.818. The van der Waals surface area contributed by atoms with E-state index in [1.165, 1.54) is 0 Å². The molecule has 0 bridgehead atoms. The smallest absolute Gasteiger partial charge is 0.312 e. The maximum Gasteiger partial charge on any atom is 0.312 e. The van der Waals surface area contributed by atoms with Crippen LogP contribution in [-0.2, 0) is 16.1 Å². The van der Waals surface area contributed by atoms with Gasteiger partial charge in [0.15, 0.2) is 0 Å². The van der Waals surface area contributed by atoms with Gasteiger partial charge in [-0.15, -0.1) is 0 Å². The highest BCUT2D eigenvalue weighted by molar-refractivity contribution is 6.35. The van der Waals surface area contributed by atoms with Crippen LogP contribution in [0.4, 0.5) is 0 Å². The molecule has 0 atom stereocenters. The van der Waals surface area contributed by atoms with E-state index < -0.39 is 11.8 Å². The number of hydrogen-bond donors (Lipinski definition) is 0. The second-order valence-corrected chi connectivity index (χ2v) is 7.60. The van der Waals surface area contributed by atoms with Gasteiger partial charge in [-0.3, -0.25) is 14.4 Å². The molecule has 0 aliphatic carbocycles. The molecule has 2 aromatic rings. The van der Waals surface area contributed by atoms with Crippen molar-refractivity contribution in [1.29, 1.82) is 0 Å². The number of benzene rings is 2. The minimum atomic E-state index is -0.428. The summed E-state index contributed by atoms with van der Waals surface area (Å²) in [7, 11) is 0. The van der Waals surface area contributed by atoms with E-state index in [4.69, 9.17) is 0 Å². The number of piperidine rings is 1. The molecule has 0 unspecified atom stereocenters. The van der Waals surface area contributed by atoms with E-state index in [2.05, 4.69) is 0 Å². The fourth-order valence-electron chi connectivity index (χ4n) is 4.14. The van der Waals surface area contributed by atoms with Crippen LogP contribution in [0.2, 0.25) is 0 Å². The number of piperazine rings is 1. The van der Waals surface area contributed by atoms with Crippen molar-refractivity contribution < 1.29 is 14.4 Å². The summed E-state index contributed by atoms with van der Waals surface area (Å²) >= 11 is 0. The fourth-order valence-corrected chi connectivity index (χ4v) is 4.14. The van der Waals surface area contributed by atoms with Crippen LogP contribution >= 0.6 is 0 Å². The minimum absolute atomic E-state index is 0.0187. The van der Waals surface area contributed by atoms with E-state index in [0.29, 0.717) is 51.1 Å². The van der Waals surface area contributed by atoms with Crippen molar-refractivity contribution in [3.63, 3.8) is 0 Å². The average molecular weight is 391 g/mol. The van der Waals surface area contributed by atoms with Crippen molar-refractivity contribution in [3.8, 4) is 0 Å². The van der Waals surface area contributed by atoms with Gasteiger partial charge in [-0.2, -0.15) is 0 Å². The topological polar surface area (TPSA) is 60.9 Å². The Morgan fingerprint density at radius 2 is 1.41 bits per heavy atom. The summed E-state index contributed by atoms with van der Waals surface area (Å²) < 4.78 is 0. The summed E-state index contributed by atoms with van der Waals surface area (Å²) in [6, 6.07) is 19.0. The minimum Gasteiger partial charge on any atom is -0.338 e. The van der Waals surface area contributed by atoms with E-state index in [1.54, 1.807) is 9.80 Å². The van der Waals surface area contributed by atoms with Gasteiger partial charge in [0.05, 0.1) is 0 Å². The van der Waals surface area contributed by atoms with Gasteiger partial charge in [0.2, 0.25) is 0 Å². The molecule has 0 saturated carbocycles. The van der Waals surface area contributed by atoms with Crippen LogP contribution in [-0.4, -0.2) is 64.6 Å². The molecule has 2 saturated heterocycles. The Morgan fingerprint density at radius 1 is 0.793 bits per heavy atom. The molecule has 6 heteroatoms. The predicted octanol–water partition coefficient (Wildman–Crippen LogP) is 2.16. The van der Waals surface area contributed by atoms with Crippen LogP contribution in [0, 0.1) is 0 Å². The standard InChI is InChI=1S/C23H25N3O3/c27-21(19-9-5-2-6-10-19)24-13-11-20(12-14-24)26-16-15-25(22(28)23(26)29)17-18-7-3-1-4-8-18/h1-10,20H,11-17H2. The molecule has 150 valence electrons. The molecule has 2 aliphatic heterocycles. The van der Waals surface area contributed by atoms with E-state index in [9.17, 15) is 14.4 Å². The quantitative estimate of drug-likeness (QED) is 0.751. The average Bonchev–Trinajstić information content (AvgIpc) is 2.78. The Morgan fingerprint density at radius 3 is 2.07 bits per heavy atom. The van der Waals surface area contributed by atoms with E-state index >= 15 is 0 Å². The zero-order chi connectivity index (χ0) is 20.2. The number of hydrogen-bond acceptors (Lipinski definition) is 3. The molecule has 2 aromatic carbocycles. The van der Waals surface area contributed by atoms with Gasteiger partial charge in [-0.05, 0) is 30.5 Å². The first-order valence-corrected chi connectivity index (χ1v) is 10.1. The van der Waals surface area contributed by atoms with E-state index in [1.807, 2.05) is 65.6 Å². The first-order chi connectivity index (χ1) is 14.1. The lowest BCUT2D eigenvalue weighted by molar-refractivity contribution is -0.158. The lowest BCUT2D eigenvalue weighted by Crippen LogP contribution is -2.59. The molecule has 0 aromatic heterocycles. The van der Waals surface area contributed by atoms with Gasteiger partial charge in [0.1, 0.15) is 0 Å². The Balaban J connectivity index is 1.33. The van der Waals surface area contributed by atoms with Crippen LogP contribution in [0.15, 0.2) is 60.7 Å². The van der Waals surface area contributed by atoms with Gasteiger partial charge in [0, 0.05) is 44.3 Å². The Kier molecular flexibility index (Phi) is 5.60. The SMILES string of the molecule is O=C1C(=O)N(C2CCN(C(=O)c3ccccc3)CC2)CCN1Cc1ccccc1. The second-order valence-electron chi connectivity index (χ2n) is 7.60. The molecule has 2 fully saturated rings. The molecule has 0 N–H and O–H groups in total. The molecule has 4 rings (SSSR count). The molecular weight excluding hydrogens is 366 g/mol. The highest BCUT2D eigenvalue weighted by Gasteiger charge is 2.38. The molecule has 2 heterocycles. The number of rotatable bonds is 4. The van der Waals surface area contributed by atoms with Crippen molar-refractivity contribution in [2.75, 3.05) is 26.2 Å². The van der Waals surface area contributed by atoms with Crippen molar-refractivity contribution in [2.45, 2.75) is 25.4 Å². The Labute approximate surface area is 170 Å². The third-order valence-electron chi connectivity index (χ3n) is 5.77. The number of likely N-dealkylation sites (tertiary alicyclic amines) is 1. The lowest BCUT2D eigenvalue weighted by Gasteiger charge is -2.42. The van der Waals surface area contributed by atoms with Crippen LogP contribution in [0.5, 0.6) is 0 Å². The van der Waals surface area contributed by atoms with Crippen LogP contribution < -0.4 is 0 Å². The molecular formula is C23H25N3O3. The molecule has 0 radical (unpaired) electrons. The number of nitrogens with zero attached hydrogens (tertiary/aromatic N) is 3. The first kappa shape index (κ1) is 19.2. The lowest BCUT2D eigenvalue weighted by atomic mass is 10.0. The van der Waals surface area contributed by atoms with Gasteiger partial charge < -0.3 is 14.7 Å². The van der Waals surface area contributed by atoms with Gasteiger partial charge in [-0.1, -0.05) is 48.5 Å². The van der Waals surface area contributed by atoms with Gasteiger partial charge in [0.25, 0.3) is 5.91 Å². The summed E-state index contributed by atoms with van der Waals surface area (Å²) in [4.78, 5) is 43.1. The van der Waals surface area contributed by atoms with Crippen LogP contribution in [0.1, 0.15) is 28.8 Å². The monoisotopic (exact) mass is 391 g/mol. The maximum atomic E-state index is 12.7. The van der Waals surface area contributed by atoms with E-state index in [0.717, 1.165) is 5.56 Å². The summed E-state index contributed by atoms with van der Waals surface area (Å²) in [5, 5.41) is 0. The number of amides is 3. The molecule has 2 aliphatic rings. The summed E-state index contributed by atoms with van der Waals surface area (Å²) in [5.41, 5.74) is 1.71. The van der Waals surface area contributed by atoms with Crippen LogP contribution in [0.3, 0.4) is 0 Å². The van der Waals surface area contributed by atoms with Gasteiger partial charge in [-0.25, -0.2) is 0 Å². The van der Waals surface area contributed by atoms with Crippen molar-refractivity contribution in [3.05, 3.63) is 71.8 Å². The van der Waals surface area contributed by atoms with Crippen LogP contribution in [0.25, 0.3) is 0 Å². The van der Waals surface area contributed by atoms with Crippen molar-refractivity contribution in [2.24, 2.45) is 0 Å². The van der Waals surface area contributed by atoms with Crippen molar-refractivity contribution >= 4 is 17.7 Å². The zero-order valence-corrected chi connectivity index (χ0v) is 16.4. The molecule has 29 heavy (non-hydrogen) atoms. The number of carbonyl (C=O) groups excluding carboxylic acids is 3. The van der Waals surface area contributed by atoms with E-state index in [-0.39, 0.29) is 11.9 Å². The highest BCUT2D eigenvalue weighted by Crippen LogP contribution is 2.21. The third-order valence-corrected chi connectivity index (χ3v) is 5.77. The zero-order valence-electron chi connectivity index (χ0n) is 16.4. The maximum absolute atomic E-state index is 12.7. The number of carbonyl (C=O) groups is 3. The molecule has 3 amide bonds. The highest BCUT2D eigenvalue weighted by atomic mass is 16.2. The Hall–Kier alpha value is -3.15. The van der Waals surface area contributed by atoms with Gasteiger partial charge >= 0.3 is 11.8 Å². The summed E-state index contributed by atoms with van der Waals surface area (Å²) in [6.45, 7) is 2.76. The largest absolute Gasteiger partial charge is 0.338 e. The predicted molar refractivity (Wildman–Crippen MR) is 109 cm³/mol. The normalized spacial score (nSPS) is 18.3. The fraction of sp³-hybridized carbons (Fsp3) is 0.348. The molecule has 6 nitrogen and oxygen atoms in total. The Bertz CT molecular complexity index is 877. The third kappa shape index (κ3) is 4.16. The van der Waals surface area contributed by atoms with Crippen molar-refractivity contribution in [1.82, 2.24) is 14.7 Å². The molecule has 0 spiro atoms. The second kappa shape index (κ2) is 8.47. The first-order valence-electron chi connectivity index (χ1n) is 10.1.